The number of rotatable bonds is 7. The van der Waals surface area contributed by atoms with Gasteiger partial charge in [-0.1, -0.05) is 50.5 Å². The fourth-order valence-corrected chi connectivity index (χ4v) is 3.49. The molecular weight excluding hydrogens is 304 g/mol. The average Bonchev–Trinajstić information content (AvgIpc) is 2.72. The summed E-state index contributed by atoms with van der Waals surface area (Å²) in [5.41, 5.74) is 1.65. The van der Waals surface area contributed by atoms with Gasteiger partial charge in [0, 0.05) is 5.56 Å². The third kappa shape index (κ3) is 3.35. The van der Waals surface area contributed by atoms with E-state index in [1.165, 1.54) is 0 Å². The molecule has 5 nitrogen and oxygen atoms in total. The second kappa shape index (κ2) is 7.16. The number of hydrogen-bond donors (Lipinski definition) is 1. The fourth-order valence-electron chi connectivity index (χ4n) is 3.49. The van der Waals surface area contributed by atoms with Crippen molar-refractivity contribution in [2.24, 2.45) is 0 Å². The van der Waals surface area contributed by atoms with E-state index in [9.17, 15) is 14.4 Å². The summed E-state index contributed by atoms with van der Waals surface area (Å²) in [5, 5.41) is 2.83. The van der Waals surface area contributed by atoms with E-state index in [-0.39, 0.29) is 18.2 Å². The van der Waals surface area contributed by atoms with Gasteiger partial charge in [-0.3, -0.25) is 14.5 Å². The zero-order valence-corrected chi connectivity index (χ0v) is 14.9. The van der Waals surface area contributed by atoms with Gasteiger partial charge in [0.2, 0.25) is 0 Å². The number of Topliss-reactive ketones (excluding diaryl/α,β-unsaturated/α-hetero) is 1. The topological polar surface area (TPSA) is 66.5 Å². The number of imide groups is 1. The summed E-state index contributed by atoms with van der Waals surface area (Å²) in [4.78, 5) is 38.8. The van der Waals surface area contributed by atoms with Gasteiger partial charge in [-0.05, 0) is 32.3 Å². The lowest BCUT2D eigenvalue weighted by atomic mass is 9.88. The molecule has 1 aliphatic rings. The fraction of sp³-hybridized carbons (Fsp3) is 0.526. The second-order valence-electron chi connectivity index (χ2n) is 6.65. The van der Waals surface area contributed by atoms with Crippen molar-refractivity contribution in [3.8, 4) is 0 Å². The third-order valence-corrected chi connectivity index (χ3v) is 4.58. The Morgan fingerprint density at radius 3 is 2.29 bits per heavy atom. The molecule has 0 spiro atoms. The summed E-state index contributed by atoms with van der Waals surface area (Å²) < 4.78 is 0. The lowest BCUT2D eigenvalue weighted by Crippen LogP contribution is -2.47. The number of nitrogens with zero attached hydrogens (tertiary/aromatic N) is 1. The molecule has 1 aliphatic heterocycles. The molecule has 1 aromatic rings. The number of hydrogen-bond acceptors (Lipinski definition) is 3. The van der Waals surface area contributed by atoms with Gasteiger partial charge >= 0.3 is 6.03 Å². The van der Waals surface area contributed by atoms with E-state index in [0.29, 0.717) is 18.4 Å². The molecule has 0 aliphatic carbocycles. The minimum Gasteiger partial charge on any atom is -0.323 e. The number of ketones is 1. The van der Waals surface area contributed by atoms with Crippen LogP contribution in [-0.4, -0.2) is 34.7 Å². The van der Waals surface area contributed by atoms with Crippen molar-refractivity contribution in [3.05, 3.63) is 34.9 Å². The molecule has 3 amide bonds. The van der Waals surface area contributed by atoms with Crippen LogP contribution in [0.1, 0.15) is 61.0 Å². The molecule has 1 fully saturated rings. The number of carbonyl (C=O) groups is 3. The molecule has 1 heterocycles. The van der Waals surface area contributed by atoms with Crippen LogP contribution in [-0.2, 0) is 4.79 Å². The van der Waals surface area contributed by atoms with Crippen LogP contribution < -0.4 is 5.32 Å². The van der Waals surface area contributed by atoms with Gasteiger partial charge in [-0.15, -0.1) is 0 Å². The van der Waals surface area contributed by atoms with Crippen LogP contribution in [0.25, 0.3) is 0 Å². The molecule has 1 saturated heterocycles. The number of aryl methyl sites for hydroxylation is 2. The predicted molar refractivity (Wildman–Crippen MR) is 93.0 cm³/mol. The van der Waals surface area contributed by atoms with E-state index in [1.54, 1.807) is 6.07 Å². The first kappa shape index (κ1) is 18.2. The van der Waals surface area contributed by atoms with Crippen LogP contribution in [0.2, 0.25) is 0 Å². The van der Waals surface area contributed by atoms with Crippen LogP contribution in [0, 0.1) is 13.8 Å². The molecule has 24 heavy (non-hydrogen) atoms. The minimum absolute atomic E-state index is 0.205. The molecule has 0 unspecified atom stereocenters. The molecule has 0 atom stereocenters. The highest BCUT2D eigenvalue weighted by Gasteiger charge is 2.50. The number of nitrogens with one attached hydrogen (secondary N) is 1. The lowest BCUT2D eigenvalue weighted by molar-refractivity contribution is -0.131. The summed E-state index contributed by atoms with van der Waals surface area (Å²) in [5.74, 6) is -0.478. The first-order chi connectivity index (χ1) is 11.3. The van der Waals surface area contributed by atoms with Crippen LogP contribution >= 0.6 is 0 Å². The van der Waals surface area contributed by atoms with E-state index in [1.807, 2.05) is 39.8 Å². The van der Waals surface area contributed by atoms with Gasteiger partial charge in [-0.25, -0.2) is 4.79 Å². The van der Waals surface area contributed by atoms with Crippen molar-refractivity contribution in [1.82, 2.24) is 10.2 Å². The van der Waals surface area contributed by atoms with E-state index in [4.69, 9.17) is 0 Å². The monoisotopic (exact) mass is 330 g/mol. The quantitative estimate of drug-likeness (QED) is 0.615. The number of amides is 3. The van der Waals surface area contributed by atoms with Crippen molar-refractivity contribution in [1.29, 1.82) is 0 Å². The normalized spacial score (nSPS) is 16.4. The number of benzene rings is 1. The maximum absolute atomic E-state index is 12.8. The Balaban J connectivity index is 2.21. The van der Waals surface area contributed by atoms with E-state index in [0.717, 1.165) is 28.9 Å². The largest absolute Gasteiger partial charge is 0.325 e. The van der Waals surface area contributed by atoms with E-state index >= 15 is 0 Å². The summed E-state index contributed by atoms with van der Waals surface area (Å²) >= 11 is 0. The maximum Gasteiger partial charge on any atom is 0.325 e. The number of urea groups is 1. The van der Waals surface area contributed by atoms with Gasteiger partial charge in [0.25, 0.3) is 5.91 Å². The van der Waals surface area contributed by atoms with Gasteiger partial charge in [0.05, 0.1) is 6.54 Å². The van der Waals surface area contributed by atoms with Crippen LogP contribution in [0.5, 0.6) is 0 Å². The van der Waals surface area contributed by atoms with Crippen LogP contribution in [0.4, 0.5) is 4.79 Å². The van der Waals surface area contributed by atoms with E-state index in [2.05, 4.69) is 5.32 Å². The first-order valence-corrected chi connectivity index (χ1v) is 8.59. The van der Waals surface area contributed by atoms with Crippen molar-refractivity contribution in [2.45, 2.75) is 58.9 Å². The molecule has 0 bridgehead atoms. The number of carbonyl (C=O) groups excluding carboxylic acids is 3. The molecule has 1 aromatic carbocycles. The van der Waals surface area contributed by atoms with Gasteiger partial charge < -0.3 is 5.32 Å². The predicted octanol–water partition coefficient (Wildman–Crippen LogP) is 3.38. The summed E-state index contributed by atoms with van der Waals surface area (Å²) in [6.45, 7) is 7.59. The third-order valence-electron chi connectivity index (χ3n) is 4.58. The van der Waals surface area contributed by atoms with Crippen molar-refractivity contribution < 1.29 is 14.4 Å². The molecular formula is C19H26N2O3. The summed E-state index contributed by atoms with van der Waals surface area (Å²) in [7, 11) is 0. The Morgan fingerprint density at radius 2 is 1.75 bits per heavy atom. The van der Waals surface area contributed by atoms with Crippen molar-refractivity contribution >= 4 is 17.7 Å². The first-order valence-electron chi connectivity index (χ1n) is 8.59. The molecule has 0 aromatic heterocycles. The van der Waals surface area contributed by atoms with Gasteiger partial charge in [-0.2, -0.15) is 0 Å². The summed E-state index contributed by atoms with van der Waals surface area (Å²) in [6, 6.07) is 5.10. The maximum atomic E-state index is 12.8. The zero-order chi connectivity index (χ0) is 17.9. The van der Waals surface area contributed by atoms with Gasteiger partial charge in [0.1, 0.15) is 5.54 Å². The molecule has 0 saturated carbocycles. The Bertz CT molecular complexity index is 661. The van der Waals surface area contributed by atoms with Crippen LogP contribution in [0.3, 0.4) is 0 Å². The Kier molecular flexibility index (Phi) is 5.42. The Hall–Kier alpha value is -2.17. The minimum atomic E-state index is -0.844. The van der Waals surface area contributed by atoms with Crippen LogP contribution in [0.15, 0.2) is 18.2 Å². The smallest absolute Gasteiger partial charge is 0.323 e. The molecule has 2 rings (SSSR count). The highest BCUT2D eigenvalue weighted by Crippen LogP contribution is 2.28. The Morgan fingerprint density at radius 1 is 1.12 bits per heavy atom. The highest BCUT2D eigenvalue weighted by atomic mass is 16.2. The second-order valence-corrected chi connectivity index (χ2v) is 6.65. The molecule has 5 heteroatoms. The standard InChI is InChI=1S/C19H26N2O3/c1-5-9-19(10-6-2)17(23)21(18(24)20-19)12-16(22)15-8-7-13(3)11-14(15)4/h7-8,11H,5-6,9-10,12H2,1-4H3,(H,20,24). The van der Waals surface area contributed by atoms with Gasteiger partial charge in [0.15, 0.2) is 5.78 Å². The average molecular weight is 330 g/mol. The van der Waals surface area contributed by atoms with Crippen molar-refractivity contribution in [2.75, 3.05) is 6.54 Å². The van der Waals surface area contributed by atoms with E-state index < -0.39 is 11.6 Å². The molecule has 130 valence electrons. The zero-order valence-electron chi connectivity index (χ0n) is 14.9. The SMILES string of the molecule is CCCC1(CCC)NC(=O)N(CC(=O)c2ccc(C)cc2C)C1=O. The lowest BCUT2D eigenvalue weighted by Gasteiger charge is -2.25. The molecule has 1 N–H and O–H groups in total. The Labute approximate surface area is 143 Å². The van der Waals surface area contributed by atoms with Crippen molar-refractivity contribution in [3.63, 3.8) is 0 Å². The highest BCUT2D eigenvalue weighted by molar-refractivity contribution is 6.11. The summed E-state index contributed by atoms with van der Waals surface area (Å²) in [6.07, 6.45) is 2.79. The molecule has 0 radical (unpaired) electrons.